The maximum absolute atomic E-state index is 8.55. The van der Waals surface area contributed by atoms with Crippen LogP contribution in [0.1, 0.15) is 495 Å². The van der Waals surface area contributed by atoms with E-state index in [0.29, 0.717) is 0 Å². The average Bonchev–Trinajstić information content (AvgIpc) is 0.852. The van der Waals surface area contributed by atoms with Crippen molar-refractivity contribution in [3.05, 3.63) is 0 Å². The standard InChI is InChI=1S/3C17H38N.3C16H36N.2H3O4P.6H2O/c3*1-6-10-14-18(15-11-7-2,16-12-8-3)17(5)13-9-4;3*1-5-9-13-17(14-10-6-2,15-11-7-3)16-12-8-4;2*1-5(2,3)4;;;;;;/h3*17H,6-16H2,1-5H3;3*5-16H2,1-4H3;2*(H3,1,2,3,4);6*1H2/q6*+1;;;;;;;;/p-6. The number of quaternary nitrogens is 6. The van der Waals surface area contributed by atoms with E-state index >= 15 is 0 Å². The van der Waals surface area contributed by atoms with Gasteiger partial charge in [-0.25, -0.2) is 0 Å². The van der Waals surface area contributed by atoms with E-state index in [-0.39, 0.29) is 32.9 Å². The average molecular weight is 1790 g/mol. The lowest BCUT2D eigenvalue weighted by molar-refractivity contribution is -0.950. The molecule has 0 saturated heterocycles. The van der Waals surface area contributed by atoms with Gasteiger partial charge in [0.15, 0.2) is 0 Å². The highest BCUT2D eigenvalue weighted by atomic mass is 31.2. The maximum atomic E-state index is 8.55. The van der Waals surface area contributed by atoms with Crippen LogP contribution < -0.4 is 29.4 Å². The summed E-state index contributed by atoms with van der Waals surface area (Å²) in [6.07, 6.45) is 66.1. The second-order valence-electron chi connectivity index (χ2n) is 36.1. The van der Waals surface area contributed by atoms with Crippen molar-refractivity contribution in [2.24, 2.45) is 0 Å². The van der Waals surface area contributed by atoms with Gasteiger partial charge in [0, 0.05) is 0 Å². The highest BCUT2D eigenvalue weighted by molar-refractivity contribution is 7.40. The zero-order valence-electron chi connectivity index (χ0n) is 87.4. The Balaban J connectivity index is -0.0000000915. The van der Waals surface area contributed by atoms with Crippen molar-refractivity contribution in [1.29, 1.82) is 0 Å². The molecule has 0 bridgehead atoms. The van der Waals surface area contributed by atoms with E-state index < -0.39 is 15.6 Å². The van der Waals surface area contributed by atoms with Crippen LogP contribution in [0.4, 0.5) is 0 Å². The van der Waals surface area contributed by atoms with E-state index in [2.05, 4.69) is 187 Å². The van der Waals surface area contributed by atoms with Gasteiger partial charge in [0.2, 0.25) is 0 Å². The van der Waals surface area contributed by atoms with Gasteiger partial charge >= 0.3 is 0 Å². The van der Waals surface area contributed by atoms with Crippen LogP contribution in [-0.4, -0.2) is 215 Å². The van der Waals surface area contributed by atoms with Crippen molar-refractivity contribution in [2.45, 2.75) is 513 Å². The molecular formula is C99H234N6O14P2. The fourth-order valence-electron chi connectivity index (χ4n) is 17.3. The van der Waals surface area contributed by atoms with Crippen LogP contribution in [0.15, 0.2) is 0 Å². The molecule has 0 rings (SSSR count). The lowest BCUT2D eigenvalue weighted by Gasteiger charge is -2.44. The highest BCUT2D eigenvalue weighted by Gasteiger charge is 2.35. The summed E-state index contributed by atoms with van der Waals surface area (Å²) in [6, 6.07) is 2.58. The molecule has 22 heteroatoms. The first-order valence-electron chi connectivity index (χ1n) is 51.3. The molecule has 3 unspecified atom stereocenters. The number of phosphoric acid groups is 2. The van der Waals surface area contributed by atoms with E-state index in [1.54, 1.807) is 0 Å². The Bertz CT molecular complexity index is 1570. The molecule has 0 fully saturated rings. The van der Waals surface area contributed by atoms with Gasteiger partial charge in [0.25, 0.3) is 0 Å². The lowest BCUT2D eigenvalue weighted by atomic mass is 10.0. The molecule has 0 aromatic carbocycles. The molecule has 0 aliphatic carbocycles. The summed E-state index contributed by atoms with van der Waals surface area (Å²) >= 11 is 0. The lowest BCUT2D eigenvalue weighted by Crippen LogP contribution is -2.56. The second-order valence-corrected chi connectivity index (χ2v) is 37.9. The first-order chi connectivity index (χ1) is 54.7. The van der Waals surface area contributed by atoms with Crippen molar-refractivity contribution in [3.8, 4) is 0 Å². The predicted molar refractivity (Wildman–Crippen MR) is 527 cm³/mol. The number of rotatable bonds is 72. The third-order valence-electron chi connectivity index (χ3n) is 25.4. The quantitative estimate of drug-likeness (QED) is 0.0415. The van der Waals surface area contributed by atoms with Crippen LogP contribution in [-0.2, 0) is 9.13 Å². The maximum Gasteiger partial charge on any atom is 0.0861 e. The van der Waals surface area contributed by atoms with Gasteiger partial charge in [0.1, 0.15) is 0 Å². The van der Waals surface area contributed by atoms with Gasteiger partial charge in [-0.05, 0) is 175 Å². The van der Waals surface area contributed by atoms with E-state index in [4.69, 9.17) is 38.5 Å². The Hall–Kier alpha value is -0.260. The second kappa shape index (κ2) is 107. The van der Waals surface area contributed by atoms with E-state index in [0.717, 1.165) is 18.1 Å². The number of hydrogen-bond donors (Lipinski definition) is 0. The Labute approximate surface area is 760 Å². The highest BCUT2D eigenvalue weighted by Crippen LogP contribution is 2.27. The Morgan fingerprint density at radius 2 is 0.240 bits per heavy atom. The summed E-state index contributed by atoms with van der Waals surface area (Å²) in [7, 11) is -10.8. The summed E-state index contributed by atoms with van der Waals surface area (Å²) in [4.78, 5) is 51.3. The van der Waals surface area contributed by atoms with Crippen LogP contribution >= 0.6 is 15.6 Å². The molecule has 0 heterocycles. The minimum absolute atomic E-state index is 0. The Morgan fingerprint density at radius 3 is 0.306 bits per heavy atom. The number of nitrogens with zero attached hydrogens (tertiary/aromatic N) is 6. The number of unbranched alkanes of at least 4 members (excludes halogenated alkanes) is 21. The van der Waals surface area contributed by atoms with E-state index in [1.807, 2.05) is 0 Å². The summed E-state index contributed by atoms with van der Waals surface area (Å²) in [5, 5.41) is 0. The molecule has 121 heavy (non-hydrogen) atoms. The smallest absolute Gasteiger partial charge is 0.0861 e. The van der Waals surface area contributed by atoms with Gasteiger partial charge in [-0.1, -0.05) is 320 Å². The molecule has 3 atom stereocenters. The zero-order chi connectivity index (χ0) is 89.5. The first kappa shape index (κ1) is 152. The van der Waals surface area contributed by atoms with Crippen LogP contribution in [0, 0.1) is 0 Å². The minimum Gasteiger partial charge on any atom is -0.822 e. The van der Waals surface area contributed by atoms with Gasteiger partial charge in [-0.15, -0.1) is 0 Å². The molecule has 754 valence electrons. The topological polar surface area (TPSA) is 362 Å². The summed E-state index contributed by atoms with van der Waals surface area (Å²) < 4.78 is 25.6. The zero-order valence-corrected chi connectivity index (χ0v) is 89.2. The Morgan fingerprint density at radius 1 is 0.165 bits per heavy atom. The molecule has 0 amide bonds. The summed E-state index contributed by atoms with van der Waals surface area (Å²) in [6.45, 7) is 93.3. The van der Waals surface area contributed by atoms with Crippen LogP contribution in [0.2, 0.25) is 0 Å². The minimum atomic E-state index is -5.39. The monoisotopic (exact) mass is 1790 g/mol. The van der Waals surface area contributed by atoms with Crippen molar-refractivity contribution in [2.75, 3.05) is 137 Å². The van der Waals surface area contributed by atoms with Gasteiger partial charge < -0.3 is 98.2 Å². The SMILES string of the molecule is CCCC[N+](CCCC)(CCCC)C(C)CCC.CCCC[N+](CCCC)(CCCC)C(C)CCC.CCCC[N+](CCCC)(CCCC)C(C)CCC.CCCC[N+](CCCC)(CCCC)CCCC.CCCC[N+](CCCC)(CCCC)CCCC.CCCC[N+](CCCC)(CCCC)CCCC.O.O.O.O.O.O.O=P([O-])([O-])[O-].O=P([O-])([O-])[O-]. The van der Waals surface area contributed by atoms with E-state index in [9.17, 15) is 0 Å². The number of hydrogen-bond acceptors (Lipinski definition) is 8. The largest absolute Gasteiger partial charge is 0.822 e. The molecule has 12 N–H and O–H groups in total. The Kier molecular flexibility index (Phi) is 134. The van der Waals surface area contributed by atoms with Crippen molar-refractivity contribution >= 4 is 15.6 Å². The van der Waals surface area contributed by atoms with Crippen LogP contribution in [0.3, 0.4) is 0 Å². The van der Waals surface area contributed by atoms with Crippen molar-refractivity contribution < 1.29 is 98.2 Å². The fourth-order valence-corrected chi connectivity index (χ4v) is 17.3. The summed E-state index contributed by atoms with van der Waals surface area (Å²) in [5.74, 6) is 0. The molecule has 0 aromatic rings. The third kappa shape index (κ3) is 95.6. The molecule has 0 aliphatic heterocycles. The van der Waals surface area contributed by atoms with Crippen LogP contribution in [0.5, 0.6) is 0 Å². The normalized spacial score (nSPS) is 12.2. The van der Waals surface area contributed by atoms with E-state index in [1.165, 1.54) is 473 Å². The molecule has 0 saturated carbocycles. The molecular weight excluding hydrogens is 1560 g/mol. The van der Waals surface area contributed by atoms with Gasteiger partial charge in [0.05, 0.1) is 156 Å². The molecule has 0 radical (unpaired) electrons. The first-order valence-corrected chi connectivity index (χ1v) is 54.2. The fraction of sp³-hybridized carbons (Fsp3) is 1.00. The predicted octanol–water partition coefficient (Wildman–Crippen LogP) is 20.6. The third-order valence-corrected chi connectivity index (χ3v) is 25.4. The van der Waals surface area contributed by atoms with Gasteiger partial charge in [-0.2, -0.15) is 15.6 Å². The van der Waals surface area contributed by atoms with Gasteiger partial charge in [-0.3, -0.25) is 0 Å². The molecule has 0 spiro atoms. The van der Waals surface area contributed by atoms with Crippen LogP contribution in [0.25, 0.3) is 0 Å². The molecule has 20 nitrogen and oxygen atoms in total. The summed E-state index contributed by atoms with van der Waals surface area (Å²) in [5.41, 5.74) is 0. The van der Waals surface area contributed by atoms with Crippen molar-refractivity contribution in [3.63, 3.8) is 0 Å². The molecule has 0 aromatic heterocycles. The van der Waals surface area contributed by atoms with Crippen molar-refractivity contribution in [1.82, 2.24) is 0 Å². The molecule has 0 aliphatic rings.